The Labute approximate surface area is 157 Å². The third-order valence-corrected chi connectivity index (χ3v) is 3.83. The van der Waals surface area contributed by atoms with Crippen LogP contribution in [-0.4, -0.2) is 29.5 Å². The van der Waals surface area contributed by atoms with Gasteiger partial charge in [0.25, 0.3) is 11.6 Å². The average molecular weight is 423 g/mol. The number of hydrogen-bond acceptors (Lipinski definition) is 6. The van der Waals surface area contributed by atoms with Gasteiger partial charge in [-0.15, -0.1) is 0 Å². The molecule has 26 heavy (non-hydrogen) atoms. The summed E-state index contributed by atoms with van der Waals surface area (Å²) in [5.74, 6) is -0.761. The quantitative estimate of drug-likeness (QED) is 0.416. The van der Waals surface area contributed by atoms with Crippen molar-refractivity contribution in [3.05, 3.63) is 63.1 Å². The van der Waals surface area contributed by atoms with Crippen molar-refractivity contribution in [3.8, 4) is 5.75 Å². The normalized spacial score (nSPS) is 11.3. The fourth-order valence-corrected chi connectivity index (χ4v) is 2.38. The van der Waals surface area contributed by atoms with E-state index in [0.29, 0.717) is 15.9 Å². The van der Waals surface area contributed by atoms with Gasteiger partial charge in [0.1, 0.15) is 5.75 Å². The van der Waals surface area contributed by atoms with Crippen LogP contribution in [0.2, 0.25) is 0 Å². The first kappa shape index (κ1) is 19.4. The minimum absolute atomic E-state index is 0.117. The van der Waals surface area contributed by atoms with Gasteiger partial charge in [-0.25, -0.2) is 4.79 Å². The van der Waals surface area contributed by atoms with Crippen molar-refractivity contribution >= 4 is 39.2 Å². The van der Waals surface area contributed by atoms with Gasteiger partial charge in [0.05, 0.1) is 10.6 Å². The molecule has 2 rings (SSSR count). The third-order valence-electron chi connectivity index (χ3n) is 3.17. The van der Waals surface area contributed by atoms with Crippen molar-refractivity contribution < 1.29 is 24.0 Å². The Morgan fingerprint density at radius 2 is 1.92 bits per heavy atom. The molecule has 0 bridgehead atoms. The summed E-state index contributed by atoms with van der Waals surface area (Å²) in [4.78, 5) is 33.9. The summed E-state index contributed by atoms with van der Waals surface area (Å²) in [5, 5.41) is 13.2. The summed E-state index contributed by atoms with van der Waals surface area (Å²) in [6.45, 7) is 1.00. The second-order valence-corrected chi connectivity index (χ2v) is 6.00. The third kappa shape index (κ3) is 5.55. The number of non-ortho nitro benzene ring substituents is 1. The molecule has 9 heteroatoms. The Morgan fingerprint density at radius 3 is 2.54 bits per heavy atom. The highest BCUT2D eigenvalue weighted by atomic mass is 79.9. The highest BCUT2D eigenvalue weighted by molar-refractivity contribution is 9.10. The van der Waals surface area contributed by atoms with Crippen LogP contribution in [0.5, 0.6) is 5.75 Å². The van der Waals surface area contributed by atoms with E-state index < -0.39 is 29.5 Å². The topological polar surface area (TPSA) is 108 Å². The number of rotatable bonds is 7. The van der Waals surface area contributed by atoms with Crippen LogP contribution in [0.15, 0.2) is 53.0 Å². The Balaban J connectivity index is 1.84. The average Bonchev–Trinajstić information content (AvgIpc) is 2.62. The first-order valence-electron chi connectivity index (χ1n) is 7.49. The number of nitrogens with one attached hydrogen (secondary N) is 1. The summed E-state index contributed by atoms with van der Waals surface area (Å²) >= 11 is 3.14. The summed E-state index contributed by atoms with van der Waals surface area (Å²) in [6, 6.07) is 12.6. The van der Waals surface area contributed by atoms with Crippen LogP contribution >= 0.6 is 15.9 Å². The lowest BCUT2D eigenvalue weighted by molar-refractivity contribution is -0.384. The summed E-state index contributed by atoms with van der Waals surface area (Å²) in [7, 11) is 0. The van der Waals surface area contributed by atoms with Gasteiger partial charge in [-0.1, -0.05) is 18.2 Å². The maximum absolute atomic E-state index is 11.9. The van der Waals surface area contributed by atoms with Gasteiger partial charge in [-0.05, 0) is 41.1 Å². The van der Waals surface area contributed by atoms with E-state index in [1.54, 1.807) is 24.3 Å². The molecule has 136 valence electrons. The molecule has 1 amide bonds. The van der Waals surface area contributed by atoms with Crippen LogP contribution in [0.25, 0.3) is 0 Å². The Bertz CT molecular complexity index is 812. The molecule has 0 saturated heterocycles. The molecule has 8 nitrogen and oxygen atoms in total. The molecule has 0 radical (unpaired) electrons. The van der Waals surface area contributed by atoms with Crippen LogP contribution < -0.4 is 10.1 Å². The summed E-state index contributed by atoms with van der Waals surface area (Å²) in [5.41, 5.74) is 0.207. The first-order valence-corrected chi connectivity index (χ1v) is 8.28. The van der Waals surface area contributed by atoms with E-state index in [-0.39, 0.29) is 5.69 Å². The SMILES string of the molecule is CC(Oc1ccccc1)C(=O)OCC(=O)Nc1ccc([N+](=O)[O-])cc1Br. The zero-order valence-corrected chi connectivity index (χ0v) is 15.3. The maximum atomic E-state index is 11.9. The van der Waals surface area contributed by atoms with Gasteiger partial charge in [-0.3, -0.25) is 14.9 Å². The fourth-order valence-electron chi connectivity index (χ4n) is 1.91. The molecule has 0 spiro atoms. The highest BCUT2D eigenvalue weighted by Crippen LogP contribution is 2.27. The second kappa shape index (κ2) is 8.95. The molecule has 1 unspecified atom stereocenters. The number of nitro benzene ring substituents is 1. The number of halogens is 1. The van der Waals surface area contributed by atoms with E-state index in [9.17, 15) is 19.7 Å². The van der Waals surface area contributed by atoms with Crippen LogP contribution in [0.4, 0.5) is 11.4 Å². The van der Waals surface area contributed by atoms with Crippen molar-refractivity contribution in [2.45, 2.75) is 13.0 Å². The number of ether oxygens (including phenoxy) is 2. The predicted octanol–water partition coefficient (Wildman–Crippen LogP) is 3.31. The number of amides is 1. The number of carbonyl (C=O) groups excluding carboxylic acids is 2. The van der Waals surface area contributed by atoms with Gasteiger partial charge in [0.15, 0.2) is 12.7 Å². The minimum Gasteiger partial charge on any atom is -0.479 e. The highest BCUT2D eigenvalue weighted by Gasteiger charge is 2.18. The standard InChI is InChI=1S/C17H15BrN2O6/c1-11(26-13-5-3-2-4-6-13)17(22)25-10-16(21)19-15-8-7-12(20(23)24)9-14(15)18/h2-9,11H,10H2,1H3,(H,19,21). The second-order valence-electron chi connectivity index (χ2n) is 5.15. The number of nitrogens with zero attached hydrogens (tertiary/aromatic N) is 1. The molecule has 0 aliphatic rings. The summed E-state index contributed by atoms with van der Waals surface area (Å²) < 4.78 is 10.7. The van der Waals surface area contributed by atoms with Crippen molar-refractivity contribution in [2.24, 2.45) is 0 Å². The number of anilines is 1. The van der Waals surface area contributed by atoms with Gasteiger partial charge in [0.2, 0.25) is 0 Å². The van der Waals surface area contributed by atoms with Crippen molar-refractivity contribution in [1.29, 1.82) is 0 Å². The number of nitro groups is 1. The molecule has 0 aliphatic carbocycles. The van der Waals surface area contributed by atoms with Crippen molar-refractivity contribution in [3.63, 3.8) is 0 Å². The van der Waals surface area contributed by atoms with Crippen LogP contribution in [0.1, 0.15) is 6.92 Å². The minimum atomic E-state index is -0.878. The van der Waals surface area contributed by atoms with E-state index in [1.807, 2.05) is 6.07 Å². The van der Waals surface area contributed by atoms with Crippen LogP contribution in [-0.2, 0) is 14.3 Å². The molecular formula is C17H15BrN2O6. The number of para-hydroxylation sites is 1. The fraction of sp³-hybridized carbons (Fsp3) is 0.176. The largest absolute Gasteiger partial charge is 0.479 e. The Kier molecular flexibility index (Phi) is 6.67. The molecule has 2 aromatic rings. The molecular weight excluding hydrogens is 408 g/mol. The van der Waals surface area contributed by atoms with Crippen LogP contribution in [0.3, 0.4) is 0 Å². The number of hydrogen-bond donors (Lipinski definition) is 1. The lowest BCUT2D eigenvalue weighted by Crippen LogP contribution is -2.29. The van der Waals surface area contributed by atoms with Crippen molar-refractivity contribution in [2.75, 3.05) is 11.9 Å². The molecule has 0 saturated carbocycles. The predicted molar refractivity (Wildman–Crippen MR) is 96.9 cm³/mol. The zero-order valence-electron chi connectivity index (χ0n) is 13.7. The lowest BCUT2D eigenvalue weighted by atomic mass is 10.3. The number of esters is 1. The van der Waals surface area contributed by atoms with Gasteiger partial charge in [0, 0.05) is 16.6 Å². The molecule has 0 heterocycles. The molecule has 1 N–H and O–H groups in total. The van der Waals surface area contributed by atoms with Gasteiger partial charge in [-0.2, -0.15) is 0 Å². The maximum Gasteiger partial charge on any atom is 0.347 e. The van der Waals surface area contributed by atoms with Gasteiger partial charge >= 0.3 is 5.97 Å². The zero-order chi connectivity index (χ0) is 19.1. The Morgan fingerprint density at radius 1 is 1.23 bits per heavy atom. The van der Waals surface area contributed by atoms with Crippen molar-refractivity contribution in [1.82, 2.24) is 0 Å². The van der Waals surface area contributed by atoms with E-state index in [1.165, 1.54) is 25.1 Å². The summed E-state index contributed by atoms with van der Waals surface area (Å²) in [6.07, 6.45) is -0.878. The number of benzene rings is 2. The monoisotopic (exact) mass is 422 g/mol. The number of carbonyl (C=O) groups is 2. The molecule has 0 aliphatic heterocycles. The Hall–Kier alpha value is -2.94. The van der Waals surface area contributed by atoms with E-state index in [0.717, 1.165) is 0 Å². The van der Waals surface area contributed by atoms with E-state index >= 15 is 0 Å². The molecule has 1 atom stereocenters. The lowest BCUT2D eigenvalue weighted by Gasteiger charge is -2.14. The molecule has 0 aromatic heterocycles. The first-order chi connectivity index (χ1) is 12.4. The van der Waals surface area contributed by atoms with Crippen LogP contribution in [0, 0.1) is 10.1 Å². The smallest absolute Gasteiger partial charge is 0.347 e. The molecule has 0 fully saturated rings. The van der Waals surface area contributed by atoms with Gasteiger partial charge < -0.3 is 14.8 Å². The van der Waals surface area contributed by atoms with E-state index in [4.69, 9.17) is 9.47 Å². The molecule has 2 aromatic carbocycles. The van der Waals surface area contributed by atoms with E-state index in [2.05, 4.69) is 21.2 Å².